The average molecular weight is 343 g/mol. The Kier molecular flexibility index (Phi) is 5.48. The largest absolute Gasteiger partial charge is 0.356 e. The molecule has 1 aliphatic heterocycles. The Hall–Kier alpha value is -2.63. The quantitative estimate of drug-likeness (QED) is 0.784. The predicted octanol–water partition coefficient (Wildman–Crippen LogP) is 2.29. The minimum Gasteiger partial charge on any atom is -0.356 e. The van der Waals surface area contributed by atoms with Crippen molar-refractivity contribution in [2.75, 3.05) is 19.6 Å². The molecule has 3 rings (SSSR count). The van der Waals surface area contributed by atoms with Crippen LogP contribution >= 0.6 is 0 Å². The second kappa shape index (κ2) is 7.96. The fourth-order valence-corrected chi connectivity index (χ4v) is 3.08. The number of amides is 2. The van der Waals surface area contributed by atoms with E-state index in [9.17, 15) is 14.0 Å². The minimum absolute atomic E-state index is 0.0604. The van der Waals surface area contributed by atoms with Gasteiger partial charge in [0, 0.05) is 43.6 Å². The molecule has 2 amide bonds. The molecule has 0 bridgehead atoms. The minimum atomic E-state index is -0.285. The van der Waals surface area contributed by atoms with Crippen molar-refractivity contribution in [3.63, 3.8) is 0 Å². The number of benzene rings is 1. The Morgan fingerprint density at radius 3 is 2.72 bits per heavy atom. The van der Waals surface area contributed by atoms with Crippen molar-refractivity contribution in [1.29, 1.82) is 0 Å². The lowest BCUT2D eigenvalue weighted by Crippen LogP contribution is -2.31. The van der Waals surface area contributed by atoms with Crippen LogP contribution < -0.4 is 5.32 Å². The van der Waals surface area contributed by atoms with Gasteiger partial charge in [-0.2, -0.15) is 0 Å². The molecule has 5 nitrogen and oxygen atoms in total. The first-order valence-electron chi connectivity index (χ1n) is 8.60. The van der Waals surface area contributed by atoms with Gasteiger partial charge in [0.05, 0.1) is 6.42 Å². The number of likely N-dealkylation sites (tertiary alicyclic amines) is 1. The van der Waals surface area contributed by atoms with Crippen LogP contribution in [0, 0.1) is 5.82 Å². The number of carbonyl (C=O) groups excluding carboxylic acids is 2. The van der Waals surface area contributed by atoms with Gasteiger partial charge in [-0.25, -0.2) is 4.39 Å². The van der Waals surface area contributed by atoms with Crippen molar-refractivity contribution in [3.05, 3.63) is 54.1 Å². The summed E-state index contributed by atoms with van der Waals surface area (Å²) in [5, 5.41) is 2.90. The third kappa shape index (κ3) is 4.47. The van der Waals surface area contributed by atoms with Crippen LogP contribution in [0.2, 0.25) is 0 Å². The van der Waals surface area contributed by atoms with E-state index in [0.717, 1.165) is 30.8 Å². The number of aromatic nitrogens is 1. The van der Waals surface area contributed by atoms with E-state index in [4.69, 9.17) is 0 Å². The van der Waals surface area contributed by atoms with Crippen molar-refractivity contribution in [3.8, 4) is 5.69 Å². The summed E-state index contributed by atoms with van der Waals surface area (Å²) < 4.78 is 14.9. The molecule has 1 aromatic carbocycles. The Labute approximate surface area is 146 Å². The molecule has 0 saturated carbocycles. The number of hydrogen-bond acceptors (Lipinski definition) is 2. The number of carbonyl (C=O) groups is 2. The molecular weight excluding hydrogens is 321 g/mol. The zero-order valence-corrected chi connectivity index (χ0v) is 14.1. The van der Waals surface area contributed by atoms with Crippen molar-refractivity contribution in [2.45, 2.75) is 25.7 Å². The Morgan fingerprint density at radius 2 is 2.00 bits per heavy atom. The topological polar surface area (TPSA) is 54.3 Å². The van der Waals surface area contributed by atoms with Crippen molar-refractivity contribution >= 4 is 11.8 Å². The molecule has 0 radical (unpaired) electrons. The third-order valence-corrected chi connectivity index (χ3v) is 4.38. The fourth-order valence-electron chi connectivity index (χ4n) is 3.08. The summed E-state index contributed by atoms with van der Waals surface area (Å²) in [6.45, 7) is 2.09. The molecule has 6 heteroatoms. The van der Waals surface area contributed by atoms with E-state index in [1.165, 1.54) is 12.1 Å². The van der Waals surface area contributed by atoms with Gasteiger partial charge < -0.3 is 14.8 Å². The molecule has 25 heavy (non-hydrogen) atoms. The Balaban J connectivity index is 1.48. The monoisotopic (exact) mass is 343 g/mol. The van der Waals surface area contributed by atoms with E-state index in [1.54, 1.807) is 12.1 Å². The van der Waals surface area contributed by atoms with Crippen molar-refractivity contribution < 1.29 is 14.0 Å². The highest BCUT2D eigenvalue weighted by atomic mass is 19.1. The number of rotatable bonds is 7. The number of halogens is 1. The molecule has 0 atom stereocenters. The van der Waals surface area contributed by atoms with E-state index >= 15 is 0 Å². The zero-order valence-electron chi connectivity index (χ0n) is 14.1. The van der Waals surface area contributed by atoms with Crippen molar-refractivity contribution in [1.82, 2.24) is 14.8 Å². The van der Waals surface area contributed by atoms with Gasteiger partial charge in [-0.3, -0.25) is 9.59 Å². The highest BCUT2D eigenvalue weighted by Crippen LogP contribution is 2.14. The predicted molar refractivity (Wildman–Crippen MR) is 92.9 cm³/mol. The first kappa shape index (κ1) is 17.2. The molecule has 1 aliphatic rings. The van der Waals surface area contributed by atoms with Crippen LogP contribution in [-0.2, 0) is 16.0 Å². The number of nitrogens with one attached hydrogen (secondary N) is 1. The lowest BCUT2D eigenvalue weighted by molar-refractivity contribution is -0.127. The highest BCUT2D eigenvalue weighted by molar-refractivity contribution is 5.78. The van der Waals surface area contributed by atoms with Gasteiger partial charge in [0.2, 0.25) is 11.8 Å². The maximum Gasteiger partial charge on any atom is 0.225 e. The highest BCUT2D eigenvalue weighted by Gasteiger charge is 2.19. The fraction of sp³-hybridized carbons (Fsp3) is 0.368. The molecule has 0 unspecified atom stereocenters. The van der Waals surface area contributed by atoms with Gasteiger partial charge in [0.15, 0.2) is 0 Å². The van der Waals surface area contributed by atoms with Gasteiger partial charge in [-0.1, -0.05) is 0 Å². The van der Waals surface area contributed by atoms with Crippen LogP contribution in [0.3, 0.4) is 0 Å². The van der Waals surface area contributed by atoms with Gasteiger partial charge in [-0.05, 0) is 49.2 Å². The summed E-state index contributed by atoms with van der Waals surface area (Å²) in [5.74, 6) is -0.134. The summed E-state index contributed by atoms with van der Waals surface area (Å²) in [6.07, 6.45) is 4.45. The molecule has 0 spiro atoms. The summed E-state index contributed by atoms with van der Waals surface area (Å²) >= 11 is 0. The summed E-state index contributed by atoms with van der Waals surface area (Å²) in [7, 11) is 0. The smallest absolute Gasteiger partial charge is 0.225 e. The molecule has 1 saturated heterocycles. The van der Waals surface area contributed by atoms with Gasteiger partial charge in [0.25, 0.3) is 0 Å². The van der Waals surface area contributed by atoms with E-state index < -0.39 is 0 Å². The maximum absolute atomic E-state index is 13.1. The van der Waals surface area contributed by atoms with Gasteiger partial charge in [0.1, 0.15) is 5.82 Å². The number of nitrogens with zero attached hydrogens (tertiary/aromatic N) is 2. The molecule has 1 N–H and O–H groups in total. The van der Waals surface area contributed by atoms with E-state index in [0.29, 0.717) is 19.5 Å². The number of hydrogen-bond donors (Lipinski definition) is 1. The van der Waals surface area contributed by atoms with Crippen LogP contribution in [-0.4, -0.2) is 40.9 Å². The molecule has 1 fully saturated rings. The normalized spacial score (nSPS) is 14.1. The van der Waals surface area contributed by atoms with Crippen molar-refractivity contribution in [2.24, 2.45) is 0 Å². The van der Waals surface area contributed by atoms with Gasteiger partial charge >= 0.3 is 0 Å². The standard InChI is InChI=1S/C19H22FN3O2/c20-15-6-8-16(9-7-15)23-13-1-4-17(23)14-18(24)21-10-3-12-22-11-2-5-19(22)25/h1,4,6-9,13H,2-3,5,10-12,14H2,(H,21,24). The van der Waals surface area contributed by atoms with Crippen LogP contribution in [0.5, 0.6) is 0 Å². The molecule has 2 aromatic rings. The second-order valence-corrected chi connectivity index (χ2v) is 6.21. The first-order valence-corrected chi connectivity index (χ1v) is 8.60. The lowest BCUT2D eigenvalue weighted by atomic mass is 10.2. The molecule has 132 valence electrons. The average Bonchev–Trinajstić information content (AvgIpc) is 3.22. The lowest BCUT2D eigenvalue weighted by Gasteiger charge is -2.15. The first-order chi connectivity index (χ1) is 12.1. The van der Waals surface area contributed by atoms with Crippen LogP contribution in [0.4, 0.5) is 4.39 Å². The Morgan fingerprint density at radius 1 is 1.20 bits per heavy atom. The third-order valence-electron chi connectivity index (χ3n) is 4.38. The molecule has 0 aliphatic carbocycles. The van der Waals surface area contributed by atoms with Crippen LogP contribution in [0.25, 0.3) is 5.69 Å². The summed E-state index contributed by atoms with van der Waals surface area (Å²) in [4.78, 5) is 25.5. The summed E-state index contributed by atoms with van der Waals surface area (Å²) in [5.41, 5.74) is 1.67. The SMILES string of the molecule is O=C(Cc1cccn1-c1ccc(F)cc1)NCCCN1CCCC1=O. The zero-order chi connectivity index (χ0) is 17.6. The van der Waals surface area contributed by atoms with Crippen LogP contribution in [0.15, 0.2) is 42.6 Å². The second-order valence-electron chi connectivity index (χ2n) is 6.21. The molecule has 2 heterocycles. The molecule has 1 aromatic heterocycles. The summed E-state index contributed by atoms with van der Waals surface area (Å²) in [6, 6.07) is 9.92. The van der Waals surface area contributed by atoms with E-state index in [2.05, 4.69) is 5.32 Å². The molecular formula is C19H22FN3O2. The van der Waals surface area contributed by atoms with Gasteiger partial charge in [-0.15, -0.1) is 0 Å². The Bertz CT molecular complexity index is 739. The van der Waals surface area contributed by atoms with E-state index in [1.807, 2.05) is 27.8 Å². The van der Waals surface area contributed by atoms with E-state index in [-0.39, 0.29) is 24.1 Å². The van der Waals surface area contributed by atoms with Crippen LogP contribution in [0.1, 0.15) is 25.0 Å². The maximum atomic E-state index is 13.1.